The first-order chi connectivity index (χ1) is 13.6. The zero-order valence-electron chi connectivity index (χ0n) is 15.7. The lowest BCUT2D eigenvalue weighted by molar-refractivity contribution is 0.0945. The van der Waals surface area contributed by atoms with Gasteiger partial charge in [0.15, 0.2) is 0 Å². The van der Waals surface area contributed by atoms with Crippen LogP contribution in [-0.2, 0) is 13.0 Å². The third-order valence-corrected chi connectivity index (χ3v) is 4.81. The first-order valence-corrected chi connectivity index (χ1v) is 9.34. The Labute approximate surface area is 163 Å². The van der Waals surface area contributed by atoms with Crippen LogP contribution in [0.5, 0.6) is 0 Å². The van der Waals surface area contributed by atoms with Gasteiger partial charge in [-0.25, -0.2) is 14.4 Å². The molecule has 0 radical (unpaired) electrons. The number of anilines is 2. The number of amides is 1. The third kappa shape index (κ3) is 3.86. The molecule has 0 spiro atoms. The quantitative estimate of drug-likeness (QED) is 0.749. The summed E-state index contributed by atoms with van der Waals surface area (Å²) in [4.78, 5) is 23.6. The van der Waals surface area contributed by atoms with E-state index in [2.05, 4.69) is 32.3 Å². The van der Waals surface area contributed by atoms with Crippen LogP contribution in [0.25, 0.3) is 0 Å². The highest BCUT2D eigenvalue weighted by molar-refractivity contribution is 5.93. The first kappa shape index (κ1) is 18.1. The van der Waals surface area contributed by atoms with Gasteiger partial charge in [-0.1, -0.05) is 30.3 Å². The van der Waals surface area contributed by atoms with E-state index in [0.717, 1.165) is 36.5 Å². The van der Waals surface area contributed by atoms with Gasteiger partial charge in [-0.05, 0) is 49.1 Å². The van der Waals surface area contributed by atoms with Crippen molar-refractivity contribution in [3.63, 3.8) is 0 Å². The van der Waals surface area contributed by atoms with E-state index in [1.54, 1.807) is 25.1 Å². The second kappa shape index (κ2) is 7.76. The van der Waals surface area contributed by atoms with E-state index < -0.39 is 0 Å². The van der Waals surface area contributed by atoms with Crippen molar-refractivity contribution in [1.82, 2.24) is 15.3 Å². The molecular formula is C22H21FN4O. The Bertz CT molecular complexity index is 1000. The number of aryl methyl sites for hydroxylation is 2. The fourth-order valence-electron chi connectivity index (χ4n) is 3.45. The van der Waals surface area contributed by atoms with E-state index in [9.17, 15) is 9.18 Å². The molecule has 1 amide bonds. The van der Waals surface area contributed by atoms with Crippen LogP contribution in [0.4, 0.5) is 15.9 Å². The molecule has 6 heteroatoms. The van der Waals surface area contributed by atoms with E-state index in [4.69, 9.17) is 0 Å². The van der Waals surface area contributed by atoms with Gasteiger partial charge in [0.05, 0.1) is 0 Å². The summed E-state index contributed by atoms with van der Waals surface area (Å²) < 4.78 is 13.0. The smallest absolute Gasteiger partial charge is 0.270 e. The number of fused-ring (bicyclic) bond motifs is 1. The summed E-state index contributed by atoms with van der Waals surface area (Å²) in [5, 5.41) is 2.84. The van der Waals surface area contributed by atoms with E-state index in [1.807, 2.05) is 12.1 Å². The van der Waals surface area contributed by atoms with E-state index in [-0.39, 0.29) is 11.7 Å². The lowest BCUT2D eigenvalue weighted by atomic mass is 10.0. The molecule has 1 aromatic heterocycles. The van der Waals surface area contributed by atoms with Crippen molar-refractivity contribution in [2.75, 3.05) is 11.4 Å². The number of carbonyl (C=O) groups is 1. The standard InChI is InChI=1S/C22H21FN4O/c1-15-25-19(22(28)24-14-16-8-10-18(23)11-9-16)13-21(26-15)27-12-4-6-17-5-2-3-7-20(17)27/h2-3,5,7-11,13H,4,6,12,14H2,1H3,(H,24,28). The van der Waals surface area contributed by atoms with Gasteiger partial charge in [-0.15, -0.1) is 0 Å². The maximum absolute atomic E-state index is 13.0. The number of hydrogen-bond acceptors (Lipinski definition) is 4. The van der Waals surface area contributed by atoms with Crippen LogP contribution in [0.3, 0.4) is 0 Å². The summed E-state index contributed by atoms with van der Waals surface area (Å²) in [5.74, 6) is 0.702. The number of halogens is 1. The maximum Gasteiger partial charge on any atom is 0.270 e. The van der Waals surface area contributed by atoms with Crippen LogP contribution < -0.4 is 10.2 Å². The molecule has 1 aliphatic rings. The molecular weight excluding hydrogens is 355 g/mol. The van der Waals surface area contributed by atoms with Gasteiger partial charge < -0.3 is 10.2 Å². The van der Waals surface area contributed by atoms with Gasteiger partial charge in [0.1, 0.15) is 23.2 Å². The molecule has 2 aromatic carbocycles. The SMILES string of the molecule is Cc1nc(C(=O)NCc2ccc(F)cc2)cc(N2CCCc3ccccc32)n1. The largest absolute Gasteiger partial charge is 0.347 e. The Morgan fingerprint density at radius 2 is 1.93 bits per heavy atom. The zero-order valence-corrected chi connectivity index (χ0v) is 15.7. The van der Waals surface area contributed by atoms with E-state index in [1.165, 1.54) is 17.7 Å². The lowest BCUT2D eigenvalue weighted by Crippen LogP contribution is -2.28. The Hall–Kier alpha value is -3.28. The molecule has 0 saturated carbocycles. The average molecular weight is 376 g/mol. The Balaban J connectivity index is 1.56. The number of para-hydroxylation sites is 1. The van der Waals surface area contributed by atoms with Crippen LogP contribution >= 0.6 is 0 Å². The number of carbonyl (C=O) groups excluding carboxylic acids is 1. The molecule has 0 saturated heterocycles. The zero-order chi connectivity index (χ0) is 19.5. The molecule has 0 aliphatic carbocycles. The molecule has 4 rings (SSSR count). The highest BCUT2D eigenvalue weighted by atomic mass is 19.1. The second-order valence-electron chi connectivity index (χ2n) is 6.85. The molecule has 0 atom stereocenters. The van der Waals surface area contributed by atoms with Crippen LogP contribution in [0.2, 0.25) is 0 Å². The summed E-state index contributed by atoms with van der Waals surface area (Å²) in [6.07, 6.45) is 2.08. The van der Waals surface area contributed by atoms with Gasteiger partial charge in [-0.3, -0.25) is 4.79 Å². The van der Waals surface area contributed by atoms with E-state index >= 15 is 0 Å². The third-order valence-electron chi connectivity index (χ3n) is 4.81. The number of aromatic nitrogens is 2. The highest BCUT2D eigenvalue weighted by Crippen LogP contribution is 2.32. The molecule has 0 unspecified atom stereocenters. The van der Waals surface area contributed by atoms with Crippen molar-refractivity contribution in [3.8, 4) is 0 Å². The molecule has 1 aliphatic heterocycles. The summed E-state index contributed by atoms with van der Waals surface area (Å²) in [5.41, 5.74) is 3.57. The van der Waals surface area contributed by atoms with Crippen LogP contribution in [0, 0.1) is 12.7 Å². The Morgan fingerprint density at radius 1 is 1.14 bits per heavy atom. The molecule has 28 heavy (non-hydrogen) atoms. The predicted molar refractivity (Wildman–Crippen MR) is 106 cm³/mol. The van der Waals surface area contributed by atoms with Crippen LogP contribution in [0.15, 0.2) is 54.6 Å². The first-order valence-electron chi connectivity index (χ1n) is 9.34. The van der Waals surface area contributed by atoms with Gasteiger partial charge in [0.25, 0.3) is 5.91 Å². The maximum atomic E-state index is 13.0. The number of nitrogens with zero attached hydrogens (tertiary/aromatic N) is 3. The Kier molecular flexibility index (Phi) is 5.02. The van der Waals surface area contributed by atoms with Crippen molar-refractivity contribution < 1.29 is 9.18 Å². The molecule has 142 valence electrons. The number of nitrogens with one attached hydrogen (secondary N) is 1. The number of hydrogen-bond donors (Lipinski definition) is 1. The van der Waals surface area contributed by atoms with Crippen molar-refractivity contribution >= 4 is 17.4 Å². The molecule has 3 aromatic rings. The predicted octanol–water partition coefficient (Wildman–Crippen LogP) is 3.94. The minimum Gasteiger partial charge on any atom is -0.347 e. The fourth-order valence-corrected chi connectivity index (χ4v) is 3.45. The van der Waals surface area contributed by atoms with Crippen LogP contribution in [-0.4, -0.2) is 22.4 Å². The number of benzene rings is 2. The summed E-state index contributed by atoms with van der Waals surface area (Å²) >= 11 is 0. The molecule has 5 nitrogen and oxygen atoms in total. The molecule has 2 heterocycles. The molecule has 1 N–H and O–H groups in total. The fraction of sp³-hybridized carbons (Fsp3) is 0.227. The average Bonchev–Trinajstić information content (AvgIpc) is 2.72. The topological polar surface area (TPSA) is 58.1 Å². The number of rotatable bonds is 4. The van der Waals surface area contributed by atoms with Crippen LogP contribution in [0.1, 0.15) is 33.9 Å². The normalized spacial score (nSPS) is 13.1. The van der Waals surface area contributed by atoms with Gasteiger partial charge in [0, 0.05) is 24.8 Å². The van der Waals surface area contributed by atoms with Crippen molar-refractivity contribution in [3.05, 3.63) is 83.1 Å². The van der Waals surface area contributed by atoms with Gasteiger partial charge >= 0.3 is 0 Å². The summed E-state index contributed by atoms with van der Waals surface area (Å²) in [7, 11) is 0. The molecule has 0 fully saturated rings. The summed E-state index contributed by atoms with van der Waals surface area (Å²) in [6, 6.07) is 16.1. The highest BCUT2D eigenvalue weighted by Gasteiger charge is 2.21. The van der Waals surface area contributed by atoms with Crippen molar-refractivity contribution in [2.45, 2.75) is 26.3 Å². The lowest BCUT2D eigenvalue weighted by Gasteiger charge is -2.30. The van der Waals surface area contributed by atoms with Gasteiger partial charge in [-0.2, -0.15) is 0 Å². The van der Waals surface area contributed by atoms with E-state index in [0.29, 0.717) is 18.1 Å². The monoisotopic (exact) mass is 376 g/mol. The minimum absolute atomic E-state index is 0.277. The molecule has 0 bridgehead atoms. The second-order valence-corrected chi connectivity index (χ2v) is 6.85. The summed E-state index contributed by atoms with van der Waals surface area (Å²) in [6.45, 7) is 2.95. The van der Waals surface area contributed by atoms with Crippen molar-refractivity contribution in [1.29, 1.82) is 0 Å². The minimum atomic E-state index is -0.298. The Morgan fingerprint density at radius 3 is 2.75 bits per heavy atom. The van der Waals surface area contributed by atoms with Crippen molar-refractivity contribution in [2.24, 2.45) is 0 Å². The van der Waals surface area contributed by atoms with Gasteiger partial charge in [0.2, 0.25) is 0 Å².